The number of benzene rings is 3. The Labute approximate surface area is 203 Å². The standard InChI is InChI=1S/C25H20F4N4O3/c1-35-12-13-36-24-31-22(17-4-2-5-19(26)14-17)33(32-24)21-7-3-6-20(15-21)30-23(34)16-8-10-18(11-9-16)25(27,28)29/h2-11,14-15H,12-13H2,1H3,(H,30,34). The Morgan fingerprint density at radius 2 is 1.75 bits per heavy atom. The van der Waals surface area contributed by atoms with Crippen molar-refractivity contribution in [3.05, 3.63) is 89.7 Å². The summed E-state index contributed by atoms with van der Waals surface area (Å²) in [5.41, 5.74) is 0.501. The minimum absolute atomic E-state index is 0.0468. The third kappa shape index (κ3) is 5.87. The number of hydrogen-bond donors (Lipinski definition) is 1. The molecule has 1 heterocycles. The summed E-state index contributed by atoms with van der Waals surface area (Å²) in [6, 6.07) is 16.3. The zero-order chi connectivity index (χ0) is 25.7. The van der Waals surface area contributed by atoms with Gasteiger partial charge >= 0.3 is 12.2 Å². The summed E-state index contributed by atoms with van der Waals surface area (Å²) in [7, 11) is 1.53. The van der Waals surface area contributed by atoms with Crippen molar-refractivity contribution in [1.29, 1.82) is 0 Å². The van der Waals surface area contributed by atoms with Crippen LogP contribution in [0.3, 0.4) is 0 Å². The van der Waals surface area contributed by atoms with Gasteiger partial charge in [0.25, 0.3) is 5.91 Å². The molecule has 36 heavy (non-hydrogen) atoms. The molecule has 7 nitrogen and oxygen atoms in total. The van der Waals surface area contributed by atoms with Crippen LogP contribution in [0.25, 0.3) is 17.1 Å². The molecule has 0 radical (unpaired) electrons. The molecule has 0 aliphatic heterocycles. The van der Waals surface area contributed by atoms with Gasteiger partial charge in [-0.3, -0.25) is 4.79 Å². The van der Waals surface area contributed by atoms with Gasteiger partial charge in [0.2, 0.25) is 0 Å². The predicted octanol–water partition coefficient (Wildman–Crippen LogP) is 5.37. The summed E-state index contributed by atoms with van der Waals surface area (Å²) in [4.78, 5) is 17.0. The van der Waals surface area contributed by atoms with Gasteiger partial charge < -0.3 is 14.8 Å². The van der Waals surface area contributed by atoms with E-state index in [1.165, 1.54) is 30.0 Å². The molecule has 0 fully saturated rings. The molecule has 0 aliphatic carbocycles. The van der Waals surface area contributed by atoms with Crippen molar-refractivity contribution >= 4 is 11.6 Å². The van der Waals surface area contributed by atoms with Crippen LogP contribution in [0.2, 0.25) is 0 Å². The van der Waals surface area contributed by atoms with Gasteiger partial charge in [0, 0.05) is 23.9 Å². The molecule has 1 aromatic heterocycles. The first kappa shape index (κ1) is 24.9. The largest absolute Gasteiger partial charge is 0.460 e. The number of nitrogens with zero attached hydrogens (tertiary/aromatic N) is 3. The predicted molar refractivity (Wildman–Crippen MR) is 124 cm³/mol. The van der Waals surface area contributed by atoms with Gasteiger partial charge in [-0.1, -0.05) is 18.2 Å². The lowest BCUT2D eigenvalue weighted by atomic mass is 10.1. The third-order valence-corrected chi connectivity index (χ3v) is 5.01. The van der Waals surface area contributed by atoms with Gasteiger partial charge in [0.05, 0.1) is 17.9 Å². The highest BCUT2D eigenvalue weighted by atomic mass is 19.4. The summed E-state index contributed by atoms with van der Waals surface area (Å²) >= 11 is 0. The SMILES string of the molecule is COCCOc1nc(-c2cccc(F)c2)n(-c2cccc(NC(=O)c3ccc(C(F)(F)F)cc3)c2)n1. The normalized spacial score (nSPS) is 11.4. The van der Waals surface area contributed by atoms with E-state index >= 15 is 0 Å². The number of carbonyl (C=O) groups excluding carboxylic acids is 1. The Kier molecular flexibility index (Phi) is 7.30. The van der Waals surface area contributed by atoms with Crippen LogP contribution in [0, 0.1) is 5.82 Å². The smallest absolute Gasteiger partial charge is 0.416 e. The number of hydrogen-bond acceptors (Lipinski definition) is 5. The molecule has 3 aromatic carbocycles. The monoisotopic (exact) mass is 500 g/mol. The molecule has 11 heteroatoms. The first-order chi connectivity index (χ1) is 17.2. The summed E-state index contributed by atoms with van der Waals surface area (Å²) in [6.45, 7) is 0.516. The Morgan fingerprint density at radius 1 is 1.00 bits per heavy atom. The fourth-order valence-electron chi connectivity index (χ4n) is 3.29. The second kappa shape index (κ2) is 10.6. The third-order valence-electron chi connectivity index (χ3n) is 5.01. The highest BCUT2D eigenvalue weighted by Gasteiger charge is 2.30. The van der Waals surface area contributed by atoms with Crippen molar-refractivity contribution in [3.8, 4) is 23.1 Å². The summed E-state index contributed by atoms with van der Waals surface area (Å²) in [6.07, 6.45) is -4.49. The maximum atomic E-state index is 13.9. The van der Waals surface area contributed by atoms with Crippen LogP contribution in [0.4, 0.5) is 23.2 Å². The fraction of sp³-hybridized carbons (Fsp3) is 0.160. The molecule has 0 atom stereocenters. The van der Waals surface area contributed by atoms with Crippen LogP contribution in [0.5, 0.6) is 6.01 Å². The molecule has 4 rings (SSSR count). The maximum Gasteiger partial charge on any atom is 0.416 e. The van der Waals surface area contributed by atoms with E-state index in [2.05, 4.69) is 15.4 Å². The average Bonchev–Trinajstić information content (AvgIpc) is 3.28. The fourth-order valence-corrected chi connectivity index (χ4v) is 3.29. The first-order valence-corrected chi connectivity index (χ1v) is 10.7. The van der Waals surface area contributed by atoms with Crippen LogP contribution < -0.4 is 10.1 Å². The number of halogens is 4. The zero-order valence-corrected chi connectivity index (χ0v) is 18.9. The minimum Gasteiger partial charge on any atom is -0.460 e. The lowest BCUT2D eigenvalue weighted by Gasteiger charge is -2.10. The van der Waals surface area contributed by atoms with Crippen molar-refractivity contribution in [2.75, 3.05) is 25.6 Å². The number of alkyl halides is 3. The number of aromatic nitrogens is 3. The Balaban J connectivity index is 1.62. The van der Waals surface area contributed by atoms with E-state index in [0.29, 0.717) is 29.4 Å². The molecule has 0 aliphatic rings. The lowest BCUT2D eigenvalue weighted by molar-refractivity contribution is -0.137. The zero-order valence-electron chi connectivity index (χ0n) is 18.9. The molecule has 1 amide bonds. The van der Waals surface area contributed by atoms with Gasteiger partial charge in [0.1, 0.15) is 12.4 Å². The second-order valence-electron chi connectivity index (χ2n) is 7.56. The molecule has 0 bridgehead atoms. The van der Waals surface area contributed by atoms with Gasteiger partial charge in [-0.05, 0) is 54.6 Å². The van der Waals surface area contributed by atoms with Gasteiger partial charge in [-0.2, -0.15) is 18.2 Å². The van der Waals surface area contributed by atoms with E-state index in [-0.39, 0.29) is 18.2 Å². The molecule has 0 unspecified atom stereocenters. The average molecular weight is 500 g/mol. The van der Waals surface area contributed by atoms with Gasteiger partial charge in [-0.15, -0.1) is 5.10 Å². The van der Waals surface area contributed by atoms with Crippen LogP contribution >= 0.6 is 0 Å². The van der Waals surface area contributed by atoms with E-state index < -0.39 is 23.5 Å². The molecule has 0 saturated carbocycles. The molecule has 1 N–H and O–H groups in total. The van der Waals surface area contributed by atoms with Crippen molar-refractivity contribution in [2.45, 2.75) is 6.18 Å². The van der Waals surface area contributed by atoms with E-state index in [1.807, 2.05) is 0 Å². The molecule has 4 aromatic rings. The molecular weight excluding hydrogens is 480 g/mol. The lowest BCUT2D eigenvalue weighted by Crippen LogP contribution is -2.13. The quantitative estimate of drug-likeness (QED) is 0.260. The van der Waals surface area contributed by atoms with Gasteiger partial charge in [0.15, 0.2) is 5.82 Å². The molecule has 186 valence electrons. The van der Waals surface area contributed by atoms with Crippen LogP contribution in [-0.4, -0.2) is 41.0 Å². The van der Waals surface area contributed by atoms with E-state index in [0.717, 1.165) is 24.3 Å². The maximum absolute atomic E-state index is 13.9. The van der Waals surface area contributed by atoms with Crippen LogP contribution in [0.15, 0.2) is 72.8 Å². The highest BCUT2D eigenvalue weighted by molar-refractivity contribution is 6.04. The Morgan fingerprint density at radius 3 is 2.44 bits per heavy atom. The van der Waals surface area contributed by atoms with Crippen LogP contribution in [0.1, 0.15) is 15.9 Å². The van der Waals surface area contributed by atoms with Crippen molar-refractivity contribution in [3.63, 3.8) is 0 Å². The van der Waals surface area contributed by atoms with Crippen molar-refractivity contribution < 1.29 is 31.8 Å². The molecular formula is C25H20F4N4O3. The van der Waals surface area contributed by atoms with Crippen LogP contribution in [-0.2, 0) is 10.9 Å². The van der Waals surface area contributed by atoms with E-state index in [9.17, 15) is 22.4 Å². The number of anilines is 1. The Hall–Kier alpha value is -4.25. The number of amides is 1. The summed E-state index contributed by atoms with van der Waals surface area (Å²) < 4.78 is 64.2. The number of ether oxygens (including phenoxy) is 2. The van der Waals surface area contributed by atoms with Crippen molar-refractivity contribution in [2.24, 2.45) is 0 Å². The molecule has 0 saturated heterocycles. The van der Waals surface area contributed by atoms with E-state index in [1.54, 1.807) is 30.3 Å². The number of rotatable bonds is 8. The minimum atomic E-state index is -4.49. The number of carbonyl (C=O) groups is 1. The summed E-state index contributed by atoms with van der Waals surface area (Å²) in [5, 5.41) is 7.01. The number of nitrogens with one attached hydrogen (secondary N) is 1. The van der Waals surface area contributed by atoms with E-state index in [4.69, 9.17) is 9.47 Å². The first-order valence-electron chi connectivity index (χ1n) is 10.7. The number of methoxy groups -OCH3 is 1. The second-order valence-corrected chi connectivity index (χ2v) is 7.56. The summed E-state index contributed by atoms with van der Waals surface area (Å²) in [5.74, 6) is -0.747. The van der Waals surface area contributed by atoms with Crippen molar-refractivity contribution in [1.82, 2.24) is 14.8 Å². The topological polar surface area (TPSA) is 78.3 Å². The highest BCUT2D eigenvalue weighted by Crippen LogP contribution is 2.29. The molecule has 0 spiro atoms. The Bertz CT molecular complexity index is 1350. The van der Waals surface area contributed by atoms with Gasteiger partial charge in [-0.25, -0.2) is 9.07 Å².